The lowest BCUT2D eigenvalue weighted by atomic mass is 10.0. The molecule has 0 saturated carbocycles. The molecule has 1 aliphatic rings. The van der Waals surface area contributed by atoms with E-state index in [-0.39, 0.29) is 12.1 Å². The lowest BCUT2D eigenvalue weighted by Gasteiger charge is -2.34. The molecule has 2 atom stereocenters. The molecule has 0 aromatic carbocycles. The molecule has 5 heteroatoms. The lowest BCUT2D eigenvalue weighted by molar-refractivity contribution is -0.122. The highest BCUT2D eigenvalue weighted by molar-refractivity contribution is 6.31. The lowest BCUT2D eigenvalue weighted by Crippen LogP contribution is -2.43. The van der Waals surface area contributed by atoms with E-state index in [1.807, 2.05) is 6.92 Å². The average Bonchev–Trinajstić information content (AvgIpc) is 2.32. The zero-order valence-corrected chi connectivity index (χ0v) is 10.4. The van der Waals surface area contributed by atoms with Crippen molar-refractivity contribution in [1.29, 1.82) is 0 Å². The summed E-state index contributed by atoms with van der Waals surface area (Å²) in [6.07, 6.45) is 4.26. The van der Waals surface area contributed by atoms with Crippen molar-refractivity contribution in [3.63, 3.8) is 0 Å². The van der Waals surface area contributed by atoms with Gasteiger partial charge in [0, 0.05) is 31.6 Å². The average molecular weight is 255 g/mol. The number of halogens is 1. The van der Waals surface area contributed by atoms with Crippen molar-refractivity contribution in [3.05, 3.63) is 23.4 Å². The second-order valence-electron chi connectivity index (χ2n) is 4.25. The Balaban J connectivity index is 1.97. The topological polar surface area (TPSA) is 42.4 Å². The highest BCUT2D eigenvalue weighted by Crippen LogP contribution is 2.25. The minimum atomic E-state index is 0.0774. The Kier molecular flexibility index (Phi) is 3.84. The number of nitrogens with zero attached hydrogens (tertiary/aromatic N) is 2. The molecule has 1 aromatic heterocycles. The van der Waals surface area contributed by atoms with Gasteiger partial charge in [0.15, 0.2) is 0 Å². The Labute approximate surface area is 106 Å². The van der Waals surface area contributed by atoms with Gasteiger partial charge in [0.05, 0.1) is 0 Å². The molecule has 2 unspecified atom stereocenters. The van der Waals surface area contributed by atoms with Crippen LogP contribution in [0, 0.1) is 0 Å². The van der Waals surface area contributed by atoms with Crippen molar-refractivity contribution in [2.24, 2.45) is 0 Å². The van der Waals surface area contributed by atoms with Crippen LogP contribution in [0.3, 0.4) is 0 Å². The van der Waals surface area contributed by atoms with Crippen LogP contribution in [-0.4, -0.2) is 35.0 Å². The van der Waals surface area contributed by atoms with Crippen LogP contribution in [0.1, 0.15) is 19.8 Å². The van der Waals surface area contributed by atoms with Crippen LogP contribution in [0.5, 0.6) is 5.88 Å². The first-order chi connectivity index (χ1) is 8.20. The standard InChI is InChI=1S/C12H15ClN2O2/c1-9-7-10(4-6-15(9)8-16)17-12-11(13)3-2-5-14-12/h2-3,5,8-10H,4,6-7H2,1H3. The predicted octanol–water partition coefficient (Wildman–Crippen LogP) is 2.12. The van der Waals surface area contributed by atoms with E-state index in [9.17, 15) is 4.79 Å². The van der Waals surface area contributed by atoms with Crippen molar-refractivity contribution in [1.82, 2.24) is 9.88 Å². The highest BCUT2D eigenvalue weighted by Gasteiger charge is 2.26. The number of hydrogen-bond donors (Lipinski definition) is 0. The number of piperidine rings is 1. The van der Waals surface area contributed by atoms with E-state index in [0.29, 0.717) is 10.9 Å². The molecule has 0 radical (unpaired) electrons. The Morgan fingerprint density at radius 2 is 2.47 bits per heavy atom. The van der Waals surface area contributed by atoms with Gasteiger partial charge in [0.25, 0.3) is 0 Å². The molecule has 17 heavy (non-hydrogen) atoms. The van der Waals surface area contributed by atoms with Crippen LogP contribution in [-0.2, 0) is 4.79 Å². The molecule has 1 aliphatic heterocycles. The molecule has 1 aromatic rings. The summed E-state index contributed by atoms with van der Waals surface area (Å²) in [7, 11) is 0. The molecule has 1 fully saturated rings. The maximum atomic E-state index is 10.7. The molecule has 1 amide bonds. The van der Waals surface area contributed by atoms with Gasteiger partial charge in [-0.3, -0.25) is 4.79 Å². The maximum absolute atomic E-state index is 10.7. The predicted molar refractivity (Wildman–Crippen MR) is 65.1 cm³/mol. The molecule has 0 N–H and O–H groups in total. The van der Waals surface area contributed by atoms with E-state index in [1.165, 1.54) is 0 Å². The summed E-state index contributed by atoms with van der Waals surface area (Å²) >= 11 is 5.98. The van der Waals surface area contributed by atoms with E-state index < -0.39 is 0 Å². The number of ether oxygens (including phenoxy) is 1. The fourth-order valence-electron chi connectivity index (χ4n) is 2.03. The van der Waals surface area contributed by atoms with E-state index in [2.05, 4.69) is 4.98 Å². The Morgan fingerprint density at radius 1 is 1.65 bits per heavy atom. The molecule has 4 nitrogen and oxygen atoms in total. The molecule has 92 valence electrons. The van der Waals surface area contributed by atoms with Crippen molar-refractivity contribution >= 4 is 18.0 Å². The van der Waals surface area contributed by atoms with Gasteiger partial charge in [-0.05, 0) is 19.1 Å². The molecule has 2 rings (SSSR count). The molecule has 2 heterocycles. The third kappa shape index (κ3) is 2.88. The first kappa shape index (κ1) is 12.2. The SMILES string of the molecule is CC1CC(Oc2ncccc2Cl)CCN1C=O. The van der Waals surface area contributed by atoms with Gasteiger partial charge in [0.1, 0.15) is 11.1 Å². The summed E-state index contributed by atoms with van der Waals surface area (Å²) in [6.45, 7) is 2.74. The first-order valence-corrected chi connectivity index (χ1v) is 6.06. The minimum Gasteiger partial charge on any atom is -0.473 e. The third-order valence-electron chi connectivity index (χ3n) is 3.02. The van der Waals surface area contributed by atoms with Crippen LogP contribution >= 0.6 is 11.6 Å². The van der Waals surface area contributed by atoms with E-state index in [1.54, 1.807) is 23.2 Å². The number of hydrogen-bond acceptors (Lipinski definition) is 3. The van der Waals surface area contributed by atoms with Gasteiger partial charge in [0.2, 0.25) is 12.3 Å². The zero-order valence-electron chi connectivity index (χ0n) is 9.67. The number of carbonyl (C=O) groups is 1. The van der Waals surface area contributed by atoms with Crippen LogP contribution in [0.25, 0.3) is 0 Å². The first-order valence-electron chi connectivity index (χ1n) is 5.69. The van der Waals surface area contributed by atoms with Gasteiger partial charge < -0.3 is 9.64 Å². The zero-order chi connectivity index (χ0) is 12.3. The number of pyridine rings is 1. The Bertz CT molecular complexity index is 400. The molecule has 0 aliphatic carbocycles. The van der Waals surface area contributed by atoms with Crippen molar-refractivity contribution in [2.75, 3.05) is 6.54 Å². The summed E-state index contributed by atoms with van der Waals surface area (Å²) in [6, 6.07) is 3.73. The quantitative estimate of drug-likeness (QED) is 0.776. The van der Waals surface area contributed by atoms with Gasteiger partial charge in [-0.2, -0.15) is 0 Å². The van der Waals surface area contributed by atoms with Crippen molar-refractivity contribution in [3.8, 4) is 5.88 Å². The third-order valence-corrected chi connectivity index (χ3v) is 3.31. The summed E-state index contributed by atoms with van der Waals surface area (Å²) in [5.74, 6) is 0.478. The second-order valence-corrected chi connectivity index (χ2v) is 4.65. The highest BCUT2D eigenvalue weighted by atomic mass is 35.5. The molecular formula is C12H15ClN2O2. The smallest absolute Gasteiger partial charge is 0.232 e. The largest absolute Gasteiger partial charge is 0.473 e. The van der Waals surface area contributed by atoms with Gasteiger partial charge in [-0.1, -0.05) is 11.6 Å². The Hall–Kier alpha value is -1.29. The van der Waals surface area contributed by atoms with Crippen LogP contribution in [0.4, 0.5) is 0 Å². The van der Waals surface area contributed by atoms with Crippen molar-refractivity contribution in [2.45, 2.75) is 31.9 Å². The number of likely N-dealkylation sites (tertiary alicyclic amines) is 1. The van der Waals surface area contributed by atoms with Gasteiger partial charge in [-0.15, -0.1) is 0 Å². The summed E-state index contributed by atoms with van der Waals surface area (Å²) in [5, 5.41) is 0.526. The van der Waals surface area contributed by atoms with E-state index in [0.717, 1.165) is 25.8 Å². The van der Waals surface area contributed by atoms with Gasteiger partial charge in [-0.25, -0.2) is 4.98 Å². The number of aromatic nitrogens is 1. The molecular weight excluding hydrogens is 240 g/mol. The van der Waals surface area contributed by atoms with Crippen LogP contribution < -0.4 is 4.74 Å². The summed E-state index contributed by atoms with van der Waals surface area (Å²) < 4.78 is 5.76. The minimum absolute atomic E-state index is 0.0774. The van der Waals surface area contributed by atoms with Crippen molar-refractivity contribution < 1.29 is 9.53 Å². The number of rotatable bonds is 3. The summed E-state index contributed by atoms with van der Waals surface area (Å²) in [4.78, 5) is 16.6. The molecule has 1 saturated heterocycles. The van der Waals surface area contributed by atoms with E-state index >= 15 is 0 Å². The number of amides is 1. The fraction of sp³-hybridized carbons (Fsp3) is 0.500. The maximum Gasteiger partial charge on any atom is 0.232 e. The fourth-order valence-corrected chi connectivity index (χ4v) is 2.19. The Morgan fingerprint density at radius 3 is 3.12 bits per heavy atom. The van der Waals surface area contributed by atoms with E-state index in [4.69, 9.17) is 16.3 Å². The normalized spacial score (nSPS) is 24.5. The van der Waals surface area contributed by atoms with Crippen LogP contribution in [0.2, 0.25) is 5.02 Å². The summed E-state index contributed by atoms with van der Waals surface area (Å²) in [5.41, 5.74) is 0. The second kappa shape index (κ2) is 5.36. The van der Waals surface area contributed by atoms with Crippen LogP contribution in [0.15, 0.2) is 18.3 Å². The molecule has 0 bridgehead atoms. The number of carbonyl (C=O) groups excluding carboxylic acids is 1. The monoisotopic (exact) mass is 254 g/mol. The molecule has 0 spiro atoms. The van der Waals surface area contributed by atoms with Gasteiger partial charge >= 0.3 is 0 Å².